The first-order valence-corrected chi connectivity index (χ1v) is 14.9. The molecular formula is C31H37F3N4O6. The quantitative estimate of drug-likeness (QED) is 0.271. The summed E-state index contributed by atoms with van der Waals surface area (Å²) in [6, 6.07) is -0.172. The maximum absolute atomic E-state index is 14.9. The zero-order chi connectivity index (χ0) is 32.3. The SMILES string of the molecule is CCN(Cc1cc(O)c2c(c1C(F)(F)F)C[C@H]1C[C@H]3[C@H](N(C)C)C(O)=C(C(N)=O)C(=N)[C@@]3(O)C(=O)C1=C2O)C1(C2CC2)CC1. The van der Waals surface area contributed by atoms with Crippen LogP contribution in [-0.4, -0.2) is 85.4 Å². The molecule has 0 saturated heterocycles. The fourth-order valence-corrected chi connectivity index (χ4v) is 8.44. The highest BCUT2D eigenvalue weighted by Crippen LogP contribution is 2.59. The normalized spacial score (nSPS) is 29.6. The lowest BCUT2D eigenvalue weighted by Crippen LogP contribution is -2.67. The molecule has 3 fully saturated rings. The van der Waals surface area contributed by atoms with Gasteiger partial charge in [0, 0.05) is 23.6 Å². The third-order valence-electron chi connectivity index (χ3n) is 10.6. The van der Waals surface area contributed by atoms with Gasteiger partial charge in [-0.2, -0.15) is 13.2 Å². The van der Waals surface area contributed by atoms with Gasteiger partial charge in [0.1, 0.15) is 22.8 Å². The van der Waals surface area contributed by atoms with E-state index in [0.29, 0.717) is 12.5 Å². The number of Topliss-reactive ketones (excluding diaryl/α,β-unsaturated/α-hetero) is 1. The molecule has 3 saturated carbocycles. The number of nitrogens with one attached hydrogen (secondary N) is 1. The minimum absolute atomic E-state index is 0.0413. The Hall–Kier alpha value is -3.42. The van der Waals surface area contributed by atoms with Crippen LogP contribution in [0.3, 0.4) is 0 Å². The number of ketones is 1. The Kier molecular flexibility index (Phi) is 6.81. The number of aromatic hydroxyl groups is 1. The number of phenols is 1. The Bertz CT molecular complexity index is 1560. The van der Waals surface area contributed by atoms with Crippen molar-refractivity contribution in [3.8, 4) is 5.75 Å². The van der Waals surface area contributed by atoms with Crippen LogP contribution in [0.4, 0.5) is 13.2 Å². The summed E-state index contributed by atoms with van der Waals surface area (Å²) in [4.78, 5) is 29.7. The second kappa shape index (κ2) is 9.79. The molecule has 1 aromatic rings. The van der Waals surface area contributed by atoms with Crippen molar-refractivity contribution in [1.82, 2.24) is 9.80 Å². The summed E-state index contributed by atoms with van der Waals surface area (Å²) < 4.78 is 44.8. The molecule has 0 unspecified atom stereocenters. The number of amides is 1. The van der Waals surface area contributed by atoms with E-state index in [4.69, 9.17) is 11.1 Å². The van der Waals surface area contributed by atoms with Gasteiger partial charge in [-0.25, -0.2) is 0 Å². The molecule has 5 aliphatic rings. The number of likely N-dealkylation sites (N-methyl/N-ethyl adjacent to an activating group) is 1. The monoisotopic (exact) mass is 618 g/mol. The zero-order valence-corrected chi connectivity index (χ0v) is 24.8. The number of nitrogens with zero attached hydrogens (tertiary/aromatic N) is 2. The number of primary amides is 1. The van der Waals surface area contributed by atoms with E-state index in [0.717, 1.165) is 31.7 Å². The van der Waals surface area contributed by atoms with Crippen molar-refractivity contribution in [2.24, 2.45) is 23.5 Å². The van der Waals surface area contributed by atoms with Crippen molar-refractivity contribution in [2.75, 3.05) is 20.6 Å². The third-order valence-corrected chi connectivity index (χ3v) is 10.6. The van der Waals surface area contributed by atoms with Crippen molar-refractivity contribution < 1.29 is 43.2 Å². The van der Waals surface area contributed by atoms with Gasteiger partial charge in [-0.15, -0.1) is 0 Å². The van der Waals surface area contributed by atoms with Crippen molar-refractivity contribution in [1.29, 1.82) is 5.41 Å². The van der Waals surface area contributed by atoms with Crippen LogP contribution < -0.4 is 5.73 Å². The number of hydrogen-bond donors (Lipinski definition) is 6. The second-order valence-corrected chi connectivity index (χ2v) is 13.2. The zero-order valence-electron chi connectivity index (χ0n) is 24.8. The summed E-state index contributed by atoms with van der Waals surface area (Å²) in [5.41, 5.74) is -1.51. The van der Waals surface area contributed by atoms with Crippen molar-refractivity contribution in [2.45, 2.75) is 75.4 Å². The number of aliphatic hydroxyl groups excluding tert-OH is 2. The molecule has 1 amide bonds. The standard InChI is InChI=1S/C31H37F3N4O6/c1-4-38(29(7-8-29)15-5-6-15)12-14-11-18(39)20-16(22(14)31(32,33)34)9-13-10-17-23(37(2)3)25(41)21(28(36)43)26(35)30(17,44)27(42)19(13)24(20)40/h11,13,15,17,23,35,39-41,44H,4-10,12H2,1-3H3,(H2,36,43)/t13-,17-,23-,30+/m0/s1. The topological polar surface area (TPSA) is 171 Å². The molecule has 0 aliphatic heterocycles. The number of hydrogen-bond acceptors (Lipinski definition) is 9. The smallest absolute Gasteiger partial charge is 0.417 e. The molecule has 7 N–H and O–H groups in total. The number of alkyl halides is 3. The average molecular weight is 619 g/mol. The molecule has 5 aliphatic carbocycles. The van der Waals surface area contributed by atoms with Gasteiger partial charge in [0.15, 0.2) is 5.60 Å². The van der Waals surface area contributed by atoms with Gasteiger partial charge >= 0.3 is 6.18 Å². The highest BCUT2D eigenvalue weighted by atomic mass is 19.4. The molecule has 238 valence electrons. The van der Waals surface area contributed by atoms with Crippen LogP contribution in [0.5, 0.6) is 5.75 Å². The molecule has 0 spiro atoms. The van der Waals surface area contributed by atoms with Crippen molar-refractivity contribution in [3.05, 3.63) is 45.2 Å². The number of carbonyl (C=O) groups excluding carboxylic acids is 2. The number of halogens is 3. The van der Waals surface area contributed by atoms with Crippen LogP contribution in [0.2, 0.25) is 0 Å². The van der Waals surface area contributed by atoms with Gasteiger partial charge in [-0.3, -0.25) is 19.4 Å². The Morgan fingerprint density at radius 3 is 2.32 bits per heavy atom. The van der Waals surface area contributed by atoms with E-state index < -0.39 is 86.6 Å². The van der Waals surface area contributed by atoms with E-state index in [1.807, 2.05) is 6.92 Å². The molecular weight excluding hydrogens is 581 g/mol. The number of benzene rings is 1. The van der Waals surface area contributed by atoms with Crippen molar-refractivity contribution in [3.63, 3.8) is 0 Å². The lowest BCUT2D eigenvalue weighted by atomic mass is 9.56. The fourth-order valence-electron chi connectivity index (χ4n) is 8.44. The molecule has 1 aromatic carbocycles. The van der Waals surface area contributed by atoms with Crippen LogP contribution in [0.25, 0.3) is 5.76 Å². The molecule has 0 bridgehead atoms. The van der Waals surface area contributed by atoms with Gasteiger partial charge < -0.3 is 31.6 Å². The van der Waals surface area contributed by atoms with Gasteiger partial charge in [-0.05, 0) is 88.2 Å². The number of fused-ring (bicyclic) bond motifs is 3. The van der Waals surface area contributed by atoms with E-state index in [-0.39, 0.29) is 36.1 Å². The van der Waals surface area contributed by atoms with E-state index in [2.05, 4.69) is 4.90 Å². The predicted molar refractivity (Wildman–Crippen MR) is 153 cm³/mol. The maximum Gasteiger partial charge on any atom is 0.417 e. The Labute approximate surface area is 252 Å². The summed E-state index contributed by atoms with van der Waals surface area (Å²) in [6.45, 7) is 2.39. The lowest BCUT2D eigenvalue weighted by Gasteiger charge is -2.51. The fraction of sp³-hybridized carbons (Fsp3) is 0.581. The van der Waals surface area contributed by atoms with Crippen LogP contribution in [0, 0.1) is 23.2 Å². The Balaban J connectivity index is 1.50. The number of phenolic OH excluding ortho intramolecular Hbond substituents is 1. The highest BCUT2D eigenvalue weighted by molar-refractivity contribution is 6.33. The minimum atomic E-state index is -4.85. The van der Waals surface area contributed by atoms with E-state index in [1.165, 1.54) is 19.0 Å². The van der Waals surface area contributed by atoms with Gasteiger partial charge in [0.2, 0.25) is 5.78 Å². The maximum atomic E-state index is 14.9. The van der Waals surface area contributed by atoms with Gasteiger partial charge in [0.05, 0.1) is 22.9 Å². The number of aliphatic hydroxyl groups is 3. The molecule has 44 heavy (non-hydrogen) atoms. The lowest BCUT2D eigenvalue weighted by molar-refractivity contribution is -0.139. The van der Waals surface area contributed by atoms with Crippen LogP contribution >= 0.6 is 0 Å². The first kappa shape index (κ1) is 30.6. The first-order valence-electron chi connectivity index (χ1n) is 14.9. The van der Waals surface area contributed by atoms with E-state index in [1.54, 1.807) is 0 Å². The molecule has 13 heteroatoms. The predicted octanol–water partition coefficient (Wildman–Crippen LogP) is 3.20. The Morgan fingerprint density at radius 1 is 1.18 bits per heavy atom. The summed E-state index contributed by atoms with van der Waals surface area (Å²) in [5, 5.41) is 53.8. The largest absolute Gasteiger partial charge is 0.510 e. The molecule has 0 radical (unpaired) electrons. The summed E-state index contributed by atoms with van der Waals surface area (Å²) in [5.74, 6) is -6.42. The van der Waals surface area contributed by atoms with Crippen LogP contribution in [-0.2, 0) is 28.7 Å². The first-order chi connectivity index (χ1) is 20.5. The molecule has 0 aromatic heterocycles. The van der Waals surface area contributed by atoms with Gasteiger partial charge in [0.25, 0.3) is 5.91 Å². The second-order valence-electron chi connectivity index (χ2n) is 13.2. The highest BCUT2D eigenvalue weighted by Gasteiger charge is 2.64. The van der Waals surface area contributed by atoms with Crippen LogP contribution in [0.1, 0.15) is 61.3 Å². The van der Waals surface area contributed by atoms with Crippen LogP contribution in [0.15, 0.2) is 23.0 Å². The summed E-state index contributed by atoms with van der Waals surface area (Å²) in [7, 11) is 3.02. The number of rotatable bonds is 7. The van der Waals surface area contributed by atoms with Gasteiger partial charge in [-0.1, -0.05) is 6.92 Å². The van der Waals surface area contributed by atoms with E-state index in [9.17, 15) is 43.2 Å². The molecule has 6 rings (SSSR count). The minimum Gasteiger partial charge on any atom is -0.510 e. The number of nitrogens with two attached hydrogens (primary N) is 1. The summed E-state index contributed by atoms with van der Waals surface area (Å²) >= 11 is 0. The third kappa shape index (κ3) is 4.15. The molecule has 10 nitrogen and oxygen atoms in total. The average Bonchev–Trinajstić information content (AvgIpc) is 3.82. The Morgan fingerprint density at radius 2 is 1.82 bits per heavy atom. The van der Waals surface area contributed by atoms with Crippen molar-refractivity contribution >= 4 is 23.2 Å². The molecule has 4 atom stereocenters. The number of carbonyl (C=O) groups is 2. The molecule has 0 heterocycles. The summed E-state index contributed by atoms with van der Waals surface area (Å²) in [6.07, 6.45) is -1.55. The van der Waals surface area contributed by atoms with E-state index >= 15 is 0 Å².